The van der Waals surface area contributed by atoms with E-state index in [1.807, 2.05) is 6.07 Å². The number of nitrogens with zero attached hydrogens (tertiary/aromatic N) is 4. The largest absolute Gasteiger partial charge is 0.419 e. The van der Waals surface area contributed by atoms with Gasteiger partial charge in [0.05, 0.1) is 25.6 Å². The minimum atomic E-state index is -4.60. The fourth-order valence-corrected chi connectivity index (χ4v) is 4.54. The van der Waals surface area contributed by atoms with Gasteiger partial charge >= 0.3 is 6.18 Å². The van der Waals surface area contributed by atoms with E-state index in [0.29, 0.717) is 31.0 Å². The van der Waals surface area contributed by atoms with Gasteiger partial charge in [-0.2, -0.15) is 18.3 Å². The second kappa shape index (κ2) is 9.27. The summed E-state index contributed by atoms with van der Waals surface area (Å²) in [5, 5.41) is 10.5. The Labute approximate surface area is 190 Å². The molecule has 11 heteroatoms. The topological polar surface area (TPSA) is 84.7 Å². The summed E-state index contributed by atoms with van der Waals surface area (Å²) in [7, 11) is -2.27. The molecule has 0 radical (unpaired) electrons. The maximum Gasteiger partial charge on any atom is 0.419 e. The highest BCUT2D eigenvalue weighted by molar-refractivity contribution is 7.61. The Morgan fingerprint density at radius 1 is 1.21 bits per heavy atom. The minimum Gasteiger partial charge on any atom is -0.324 e. The number of benzene rings is 1. The summed E-state index contributed by atoms with van der Waals surface area (Å²) in [6.07, 6.45) is 1.88. The molecule has 1 saturated carbocycles. The zero-order valence-corrected chi connectivity index (χ0v) is 19.3. The van der Waals surface area contributed by atoms with Crippen molar-refractivity contribution in [2.24, 2.45) is 0 Å². The second-order valence-electron chi connectivity index (χ2n) is 8.73. The molecule has 1 aliphatic carbocycles. The van der Waals surface area contributed by atoms with E-state index in [9.17, 15) is 17.7 Å². The Balaban J connectivity index is 1.57. The third-order valence-corrected chi connectivity index (χ3v) is 6.23. The van der Waals surface area contributed by atoms with Crippen LogP contribution in [-0.2, 0) is 23.4 Å². The molecule has 0 unspecified atom stereocenters. The Kier molecular flexibility index (Phi) is 6.59. The Morgan fingerprint density at radius 3 is 2.70 bits per heavy atom. The fourth-order valence-electron chi connectivity index (χ4n) is 3.46. The Morgan fingerprint density at radius 2 is 2.00 bits per heavy atom. The first-order valence-electron chi connectivity index (χ1n) is 10.7. The van der Waals surface area contributed by atoms with Crippen LogP contribution in [-0.4, -0.2) is 45.7 Å². The molecular formula is C22H26F3N6OP. The first-order chi connectivity index (χ1) is 15.6. The van der Waals surface area contributed by atoms with Crippen LogP contribution < -0.4 is 10.6 Å². The van der Waals surface area contributed by atoms with Crippen LogP contribution in [0.3, 0.4) is 0 Å². The Bertz CT molecular complexity index is 1170. The highest BCUT2D eigenvalue weighted by Gasteiger charge is 2.36. The van der Waals surface area contributed by atoms with Crippen molar-refractivity contribution in [2.45, 2.75) is 37.8 Å². The van der Waals surface area contributed by atoms with E-state index in [1.165, 1.54) is 6.20 Å². The molecule has 0 atom stereocenters. The van der Waals surface area contributed by atoms with E-state index in [4.69, 9.17) is 0 Å². The summed E-state index contributed by atoms with van der Waals surface area (Å²) in [6.45, 7) is 4.67. The molecule has 1 aromatic carbocycles. The molecule has 33 heavy (non-hydrogen) atoms. The predicted octanol–water partition coefficient (Wildman–Crippen LogP) is 4.98. The third kappa shape index (κ3) is 6.65. The van der Waals surface area contributed by atoms with Crippen molar-refractivity contribution >= 4 is 18.8 Å². The van der Waals surface area contributed by atoms with Gasteiger partial charge in [0, 0.05) is 42.4 Å². The standard InChI is InChI=1S/C22H26F3N6OP/c1-33(2,32)14-15-4-3-5-18(10-15)29-21-27-12-19(22(23,24)25)20(30-21)16-11-28-31(13-16)9-8-26-17-6-7-17/h3-5,10-13,17,26H,6-9,14H2,1-2H3,(H,27,29,30). The lowest BCUT2D eigenvalue weighted by Crippen LogP contribution is -2.21. The summed E-state index contributed by atoms with van der Waals surface area (Å²) in [6, 6.07) is 7.75. The highest BCUT2D eigenvalue weighted by atomic mass is 31.2. The van der Waals surface area contributed by atoms with Crippen molar-refractivity contribution in [3.8, 4) is 11.3 Å². The van der Waals surface area contributed by atoms with Crippen LogP contribution in [0.15, 0.2) is 42.9 Å². The summed E-state index contributed by atoms with van der Waals surface area (Å²) in [5.41, 5.74) is 0.584. The molecule has 3 aromatic rings. The number of hydrogen-bond donors (Lipinski definition) is 2. The summed E-state index contributed by atoms with van der Waals surface area (Å²) in [4.78, 5) is 8.05. The molecule has 2 N–H and O–H groups in total. The van der Waals surface area contributed by atoms with Gasteiger partial charge in [0.25, 0.3) is 0 Å². The normalized spacial score (nSPS) is 14.5. The molecule has 0 aliphatic heterocycles. The fraction of sp³-hybridized carbons (Fsp3) is 0.409. The average molecular weight is 478 g/mol. The summed E-state index contributed by atoms with van der Waals surface area (Å²) >= 11 is 0. The van der Waals surface area contributed by atoms with E-state index >= 15 is 0 Å². The quantitative estimate of drug-likeness (QED) is 0.422. The molecule has 1 fully saturated rings. The summed E-state index contributed by atoms with van der Waals surface area (Å²) in [5.74, 6) is 0.0366. The third-order valence-electron chi connectivity index (χ3n) is 5.10. The minimum absolute atomic E-state index is 0.0366. The van der Waals surface area contributed by atoms with Crippen molar-refractivity contribution in [2.75, 3.05) is 25.2 Å². The molecule has 0 amide bonds. The summed E-state index contributed by atoms with van der Waals surface area (Å²) < 4.78 is 54.7. The number of anilines is 2. The lowest BCUT2D eigenvalue weighted by Gasteiger charge is -2.13. The second-order valence-corrected chi connectivity index (χ2v) is 12.2. The van der Waals surface area contributed by atoms with E-state index in [2.05, 4.69) is 25.7 Å². The predicted molar refractivity (Wildman–Crippen MR) is 122 cm³/mol. The monoisotopic (exact) mass is 478 g/mol. The maximum absolute atomic E-state index is 13.6. The lowest BCUT2D eigenvalue weighted by atomic mass is 10.1. The van der Waals surface area contributed by atoms with Crippen LogP contribution in [0.2, 0.25) is 0 Å². The number of alkyl halides is 3. The number of aromatic nitrogens is 4. The number of halogens is 3. The Hall–Kier alpha value is -2.71. The van der Waals surface area contributed by atoms with Gasteiger partial charge in [-0.3, -0.25) is 4.68 Å². The molecule has 2 aromatic heterocycles. The van der Waals surface area contributed by atoms with Crippen molar-refractivity contribution in [1.82, 2.24) is 25.1 Å². The van der Waals surface area contributed by atoms with Crippen LogP contribution in [0.1, 0.15) is 24.0 Å². The van der Waals surface area contributed by atoms with Gasteiger partial charge in [0.15, 0.2) is 0 Å². The van der Waals surface area contributed by atoms with Crippen molar-refractivity contribution in [1.29, 1.82) is 0 Å². The van der Waals surface area contributed by atoms with Crippen LogP contribution in [0, 0.1) is 0 Å². The molecule has 176 valence electrons. The van der Waals surface area contributed by atoms with Crippen LogP contribution in [0.4, 0.5) is 24.8 Å². The van der Waals surface area contributed by atoms with Gasteiger partial charge in [0.1, 0.15) is 5.56 Å². The zero-order chi connectivity index (χ0) is 23.6. The van der Waals surface area contributed by atoms with Gasteiger partial charge in [0.2, 0.25) is 5.95 Å². The first kappa shape index (κ1) is 23.4. The molecule has 0 bridgehead atoms. The van der Waals surface area contributed by atoms with Crippen LogP contribution >= 0.6 is 7.14 Å². The number of hydrogen-bond acceptors (Lipinski definition) is 6. The average Bonchev–Trinajstić information content (AvgIpc) is 3.41. The molecule has 1 aliphatic rings. The smallest absolute Gasteiger partial charge is 0.324 e. The number of rotatable bonds is 9. The van der Waals surface area contributed by atoms with Gasteiger partial charge < -0.3 is 15.2 Å². The van der Waals surface area contributed by atoms with Gasteiger partial charge in [-0.25, -0.2) is 9.97 Å². The molecular weight excluding hydrogens is 452 g/mol. The SMILES string of the molecule is CP(C)(=O)Cc1cccc(Nc2ncc(C(F)(F)F)c(-c3cnn(CCNC4CC4)c3)n2)c1. The van der Waals surface area contributed by atoms with Gasteiger partial charge in [-0.1, -0.05) is 12.1 Å². The van der Waals surface area contributed by atoms with Crippen molar-refractivity contribution < 1.29 is 17.7 Å². The number of nitrogens with one attached hydrogen (secondary N) is 2. The van der Waals surface area contributed by atoms with Crippen molar-refractivity contribution in [3.05, 3.63) is 54.0 Å². The molecule has 0 saturated heterocycles. The zero-order valence-electron chi connectivity index (χ0n) is 18.4. The van der Waals surface area contributed by atoms with E-state index in [0.717, 1.165) is 24.6 Å². The van der Waals surface area contributed by atoms with Gasteiger partial charge in [-0.05, 0) is 43.9 Å². The van der Waals surface area contributed by atoms with E-state index in [1.54, 1.807) is 42.4 Å². The first-order valence-corrected chi connectivity index (χ1v) is 13.5. The molecule has 4 rings (SSSR count). The van der Waals surface area contributed by atoms with Crippen LogP contribution in [0.25, 0.3) is 11.3 Å². The lowest BCUT2D eigenvalue weighted by molar-refractivity contribution is -0.137. The molecule has 7 nitrogen and oxygen atoms in total. The van der Waals surface area contributed by atoms with Crippen molar-refractivity contribution in [3.63, 3.8) is 0 Å². The van der Waals surface area contributed by atoms with E-state index in [-0.39, 0.29) is 17.2 Å². The molecule has 2 heterocycles. The highest BCUT2D eigenvalue weighted by Crippen LogP contribution is 2.41. The van der Waals surface area contributed by atoms with Gasteiger partial charge in [-0.15, -0.1) is 0 Å². The van der Waals surface area contributed by atoms with Crippen LogP contribution in [0.5, 0.6) is 0 Å². The maximum atomic E-state index is 13.6. The van der Waals surface area contributed by atoms with E-state index < -0.39 is 18.9 Å². The molecule has 0 spiro atoms.